The molecule has 6 heteroatoms. The lowest BCUT2D eigenvalue weighted by molar-refractivity contribution is -0.116. The first-order valence-electron chi connectivity index (χ1n) is 8.56. The van der Waals surface area contributed by atoms with Gasteiger partial charge in [-0.15, -0.1) is 0 Å². The molecule has 4 N–H and O–H groups in total. The largest absolute Gasteiger partial charge is 0.366 e. The Labute approximate surface area is 144 Å². The Morgan fingerprint density at radius 3 is 1.50 bits per heavy atom. The molecule has 2 aliphatic heterocycles. The zero-order valence-corrected chi connectivity index (χ0v) is 15.3. The molecule has 134 valence electrons. The second-order valence-electron chi connectivity index (χ2n) is 8.32. The highest BCUT2D eigenvalue weighted by molar-refractivity contribution is 5.92. The first-order chi connectivity index (χ1) is 11.0. The van der Waals surface area contributed by atoms with Crippen molar-refractivity contribution in [3.8, 4) is 0 Å². The Kier molecular flexibility index (Phi) is 4.97. The predicted octanol–water partition coefficient (Wildman–Crippen LogP) is 1.19. The smallest absolute Gasteiger partial charge is 0.264 e. The Morgan fingerprint density at radius 2 is 1.21 bits per heavy atom. The van der Waals surface area contributed by atoms with E-state index in [0.717, 1.165) is 39.0 Å². The molecule has 0 radical (unpaired) electrons. The lowest BCUT2D eigenvalue weighted by Gasteiger charge is -2.26. The van der Waals surface area contributed by atoms with Crippen molar-refractivity contribution in [2.45, 2.75) is 40.5 Å². The molecule has 6 nitrogen and oxygen atoms in total. The van der Waals surface area contributed by atoms with E-state index in [1.807, 2.05) is 12.2 Å². The van der Waals surface area contributed by atoms with Crippen LogP contribution in [0.2, 0.25) is 0 Å². The van der Waals surface area contributed by atoms with Gasteiger partial charge in [0.05, 0.1) is 11.4 Å². The van der Waals surface area contributed by atoms with Gasteiger partial charge in [0.25, 0.3) is 11.8 Å². The van der Waals surface area contributed by atoms with Crippen LogP contribution < -0.4 is 11.5 Å². The van der Waals surface area contributed by atoms with E-state index in [9.17, 15) is 9.59 Å². The van der Waals surface area contributed by atoms with Crippen molar-refractivity contribution < 1.29 is 9.59 Å². The molecule has 0 atom stereocenters. The van der Waals surface area contributed by atoms with Gasteiger partial charge in [-0.05, 0) is 25.0 Å². The number of nitrogens with zero attached hydrogens (tertiary/aromatic N) is 2. The first kappa shape index (κ1) is 18.4. The fraction of sp³-hybridized carbons (Fsp3) is 0.667. The third-order valence-corrected chi connectivity index (χ3v) is 4.54. The molecule has 0 bridgehead atoms. The summed E-state index contributed by atoms with van der Waals surface area (Å²) in [5, 5.41) is 0. The van der Waals surface area contributed by atoms with Crippen LogP contribution in [0, 0.1) is 10.8 Å². The van der Waals surface area contributed by atoms with Crippen molar-refractivity contribution in [1.82, 2.24) is 9.80 Å². The zero-order chi connectivity index (χ0) is 18.1. The number of amides is 2. The highest BCUT2D eigenvalue weighted by atomic mass is 16.1. The van der Waals surface area contributed by atoms with Crippen LogP contribution in [0.3, 0.4) is 0 Å². The lowest BCUT2D eigenvalue weighted by Crippen LogP contribution is -2.33. The van der Waals surface area contributed by atoms with Crippen molar-refractivity contribution >= 4 is 11.8 Å². The van der Waals surface area contributed by atoms with Crippen molar-refractivity contribution in [2.24, 2.45) is 22.3 Å². The summed E-state index contributed by atoms with van der Waals surface area (Å²) in [6.45, 7) is 11.6. The average Bonchev–Trinajstić information content (AvgIpc) is 2.91. The number of nitrogens with two attached hydrogens (primary N) is 2. The third-order valence-electron chi connectivity index (χ3n) is 4.54. The van der Waals surface area contributed by atoms with E-state index in [2.05, 4.69) is 37.5 Å². The monoisotopic (exact) mass is 334 g/mol. The van der Waals surface area contributed by atoms with E-state index in [0.29, 0.717) is 11.4 Å². The Hall–Kier alpha value is -1.98. The van der Waals surface area contributed by atoms with Crippen LogP contribution >= 0.6 is 0 Å². The molecule has 0 aromatic carbocycles. The normalized spacial score (nSPS) is 21.7. The van der Waals surface area contributed by atoms with Gasteiger partial charge in [-0.3, -0.25) is 9.59 Å². The molecule has 0 spiro atoms. The van der Waals surface area contributed by atoms with Gasteiger partial charge in [0.15, 0.2) is 0 Å². The number of hydrogen-bond donors (Lipinski definition) is 2. The van der Waals surface area contributed by atoms with E-state index < -0.39 is 0 Å². The molecule has 2 rings (SSSR count). The van der Waals surface area contributed by atoms with Crippen molar-refractivity contribution in [3.05, 3.63) is 23.5 Å². The van der Waals surface area contributed by atoms with Crippen LogP contribution in [0.25, 0.3) is 0 Å². The lowest BCUT2D eigenvalue weighted by atomic mass is 9.95. The molecule has 0 aromatic rings. The van der Waals surface area contributed by atoms with Gasteiger partial charge in [-0.25, -0.2) is 0 Å². The summed E-state index contributed by atoms with van der Waals surface area (Å²) in [5.74, 6) is -0.721. The van der Waals surface area contributed by atoms with Crippen molar-refractivity contribution in [3.63, 3.8) is 0 Å². The minimum absolute atomic E-state index is 0.0226. The van der Waals surface area contributed by atoms with Crippen molar-refractivity contribution in [2.75, 3.05) is 26.2 Å². The van der Waals surface area contributed by atoms with Crippen LogP contribution in [0.1, 0.15) is 40.5 Å². The van der Waals surface area contributed by atoms with E-state index in [4.69, 9.17) is 11.5 Å². The molecule has 0 aromatic heterocycles. The third kappa shape index (κ3) is 4.30. The second kappa shape index (κ2) is 6.49. The summed E-state index contributed by atoms with van der Waals surface area (Å²) in [7, 11) is 0. The summed E-state index contributed by atoms with van der Waals surface area (Å²) >= 11 is 0. The predicted molar refractivity (Wildman–Crippen MR) is 94.5 cm³/mol. The maximum absolute atomic E-state index is 11.6. The van der Waals surface area contributed by atoms with Gasteiger partial charge in [-0.2, -0.15) is 0 Å². The van der Waals surface area contributed by atoms with E-state index in [-0.39, 0.29) is 22.6 Å². The molecule has 2 aliphatic rings. The minimum Gasteiger partial charge on any atom is -0.366 e. The van der Waals surface area contributed by atoms with Crippen molar-refractivity contribution in [1.29, 1.82) is 0 Å². The zero-order valence-electron chi connectivity index (χ0n) is 15.3. The number of carbonyl (C=O) groups excluding carboxylic acids is 2. The van der Waals surface area contributed by atoms with Gasteiger partial charge in [0, 0.05) is 37.0 Å². The standard InChI is InChI=1S/C18H30N4O2/c1-17(2)9-13(15(19)23)21(11-17)7-5-6-8-22-12-18(3,4)10-14(22)16(20)24/h9-10H,5-8,11-12H2,1-4H3,(H2,19,23)(H2,20,24). The molecule has 2 heterocycles. The fourth-order valence-corrected chi connectivity index (χ4v) is 3.63. The number of hydrogen-bond acceptors (Lipinski definition) is 4. The minimum atomic E-state index is -0.360. The highest BCUT2D eigenvalue weighted by Crippen LogP contribution is 2.32. The number of primary amides is 2. The Bertz CT molecular complexity index is 538. The number of carbonyl (C=O) groups is 2. The molecule has 0 saturated carbocycles. The van der Waals surface area contributed by atoms with Crippen LogP contribution in [0.4, 0.5) is 0 Å². The highest BCUT2D eigenvalue weighted by Gasteiger charge is 2.33. The number of unbranched alkanes of at least 4 members (excludes halogenated alkanes) is 1. The van der Waals surface area contributed by atoms with Gasteiger partial charge in [-0.1, -0.05) is 27.7 Å². The summed E-state index contributed by atoms with van der Waals surface area (Å²) in [6, 6.07) is 0. The van der Waals surface area contributed by atoms with Crippen LogP contribution in [0.15, 0.2) is 23.5 Å². The Morgan fingerprint density at radius 1 is 0.875 bits per heavy atom. The topological polar surface area (TPSA) is 92.7 Å². The molecular formula is C18H30N4O2. The van der Waals surface area contributed by atoms with Crippen LogP contribution in [-0.4, -0.2) is 47.8 Å². The van der Waals surface area contributed by atoms with Crippen LogP contribution in [0.5, 0.6) is 0 Å². The molecule has 0 saturated heterocycles. The van der Waals surface area contributed by atoms with E-state index >= 15 is 0 Å². The fourth-order valence-electron chi connectivity index (χ4n) is 3.63. The van der Waals surface area contributed by atoms with Gasteiger partial charge < -0.3 is 21.3 Å². The summed E-state index contributed by atoms with van der Waals surface area (Å²) in [6.07, 6.45) is 5.80. The van der Waals surface area contributed by atoms with Gasteiger partial charge in [0.1, 0.15) is 0 Å². The van der Waals surface area contributed by atoms with Gasteiger partial charge in [0.2, 0.25) is 0 Å². The average molecular weight is 334 g/mol. The second-order valence-corrected chi connectivity index (χ2v) is 8.32. The molecule has 2 amide bonds. The van der Waals surface area contributed by atoms with E-state index in [1.54, 1.807) is 0 Å². The first-order valence-corrected chi connectivity index (χ1v) is 8.56. The molecular weight excluding hydrogens is 304 g/mol. The summed E-state index contributed by atoms with van der Waals surface area (Å²) in [4.78, 5) is 27.3. The van der Waals surface area contributed by atoms with E-state index in [1.165, 1.54) is 0 Å². The van der Waals surface area contributed by atoms with Gasteiger partial charge >= 0.3 is 0 Å². The quantitative estimate of drug-likeness (QED) is 0.684. The molecule has 0 aliphatic carbocycles. The maximum atomic E-state index is 11.6. The number of rotatable bonds is 7. The summed E-state index contributed by atoms with van der Waals surface area (Å²) in [5.41, 5.74) is 12.2. The maximum Gasteiger partial charge on any atom is 0.264 e. The SMILES string of the molecule is CC1(C)C=C(C(N)=O)N(CCCCN2CC(C)(C)C=C2C(N)=O)C1. The molecule has 0 unspecified atom stereocenters. The van der Waals surface area contributed by atoms with Crippen LogP contribution in [-0.2, 0) is 9.59 Å². The summed E-state index contributed by atoms with van der Waals surface area (Å²) < 4.78 is 0. The Balaban J connectivity index is 1.84. The molecule has 24 heavy (non-hydrogen) atoms. The molecule has 0 fully saturated rings.